The molecule has 144 valence electrons. The third-order valence-corrected chi connectivity index (χ3v) is 6.77. The van der Waals surface area contributed by atoms with E-state index < -0.39 is 10.0 Å². The van der Waals surface area contributed by atoms with Gasteiger partial charge >= 0.3 is 0 Å². The molecule has 0 aliphatic carbocycles. The standard InChI is InChI=1S/C20H23FN2O3S/c21-19-9-5-4-6-16(19)10-13-22-20(24)17-11-14-23(15-12-17)27(25,26)18-7-2-1-3-8-18/h1-9,17H,10-15H2,(H,22,24). The summed E-state index contributed by atoms with van der Waals surface area (Å²) in [6.45, 7) is 1.01. The minimum atomic E-state index is -3.51. The molecule has 1 saturated heterocycles. The van der Waals surface area contributed by atoms with Crippen LogP contribution in [0.5, 0.6) is 0 Å². The second kappa shape index (κ2) is 8.63. The van der Waals surface area contributed by atoms with Crippen molar-refractivity contribution in [2.45, 2.75) is 24.2 Å². The van der Waals surface area contributed by atoms with E-state index in [1.165, 1.54) is 10.4 Å². The van der Waals surface area contributed by atoms with Gasteiger partial charge in [-0.05, 0) is 43.0 Å². The van der Waals surface area contributed by atoms with Gasteiger partial charge in [0.2, 0.25) is 15.9 Å². The number of nitrogens with zero attached hydrogens (tertiary/aromatic N) is 1. The van der Waals surface area contributed by atoms with Gasteiger partial charge in [0.25, 0.3) is 0 Å². The Morgan fingerprint density at radius 2 is 1.67 bits per heavy atom. The van der Waals surface area contributed by atoms with Crippen LogP contribution in [-0.4, -0.2) is 38.3 Å². The fraction of sp³-hybridized carbons (Fsp3) is 0.350. The van der Waals surface area contributed by atoms with Crippen molar-refractivity contribution >= 4 is 15.9 Å². The molecule has 1 fully saturated rings. The minimum Gasteiger partial charge on any atom is -0.356 e. The summed E-state index contributed by atoms with van der Waals surface area (Å²) in [5, 5.41) is 2.84. The van der Waals surface area contributed by atoms with Crippen LogP contribution in [0.3, 0.4) is 0 Å². The van der Waals surface area contributed by atoms with Crippen LogP contribution >= 0.6 is 0 Å². The second-order valence-corrected chi connectivity index (χ2v) is 8.56. The molecule has 1 aliphatic heterocycles. The fourth-order valence-electron chi connectivity index (χ4n) is 3.27. The molecule has 0 radical (unpaired) electrons. The molecule has 2 aromatic rings. The number of piperidine rings is 1. The molecular weight excluding hydrogens is 367 g/mol. The maximum Gasteiger partial charge on any atom is 0.243 e. The number of rotatable bonds is 6. The Labute approximate surface area is 159 Å². The van der Waals surface area contributed by atoms with Gasteiger partial charge in [-0.2, -0.15) is 4.31 Å². The van der Waals surface area contributed by atoms with Crippen LogP contribution in [0.15, 0.2) is 59.5 Å². The Bertz CT molecular complexity index is 879. The van der Waals surface area contributed by atoms with E-state index in [1.807, 2.05) is 0 Å². The number of nitrogens with one attached hydrogen (secondary N) is 1. The molecule has 0 unspecified atom stereocenters. The average Bonchev–Trinajstić information content (AvgIpc) is 2.70. The lowest BCUT2D eigenvalue weighted by Gasteiger charge is -2.30. The lowest BCUT2D eigenvalue weighted by molar-refractivity contribution is -0.126. The number of sulfonamides is 1. The maximum atomic E-state index is 13.6. The summed E-state index contributed by atoms with van der Waals surface area (Å²) in [5.41, 5.74) is 0.571. The Morgan fingerprint density at radius 1 is 1.04 bits per heavy atom. The molecule has 1 aliphatic rings. The van der Waals surface area contributed by atoms with Gasteiger partial charge in [-0.15, -0.1) is 0 Å². The quantitative estimate of drug-likeness (QED) is 0.824. The summed E-state index contributed by atoms with van der Waals surface area (Å²) in [7, 11) is -3.51. The number of hydrogen-bond acceptors (Lipinski definition) is 3. The number of halogens is 1. The van der Waals surface area contributed by atoms with Crippen molar-refractivity contribution < 1.29 is 17.6 Å². The van der Waals surface area contributed by atoms with Crippen molar-refractivity contribution in [3.8, 4) is 0 Å². The topological polar surface area (TPSA) is 66.5 Å². The van der Waals surface area contributed by atoms with E-state index in [0.29, 0.717) is 44.5 Å². The van der Waals surface area contributed by atoms with Gasteiger partial charge in [0.05, 0.1) is 4.90 Å². The first-order valence-electron chi connectivity index (χ1n) is 9.05. The summed E-state index contributed by atoms with van der Waals surface area (Å²) < 4.78 is 40.3. The van der Waals surface area contributed by atoms with Gasteiger partial charge in [-0.25, -0.2) is 12.8 Å². The zero-order chi connectivity index (χ0) is 19.3. The third-order valence-electron chi connectivity index (χ3n) is 4.86. The van der Waals surface area contributed by atoms with Gasteiger partial charge in [0.1, 0.15) is 5.82 Å². The van der Waals surface area contributed by atoms with Gasteiger partial charge < -0.3 is 5.32 Å². The molecule has 0 atom stereocenters. The van der Waals surface area contributed by atoms with Crippen LogP contribution in [0.25, 0.3) is 0 Å². The summed E-state index contributed by atoms with van der Waals surface area (Å²) in [5.74, 6) is -0.581. The lowest BCUT2D eigenvalue weighted by Crippen LogP contribution is -2.43. The van der Waals surface area contributed by atoms with Crippen molar-refractivity contribution in [1.82, 2.24) is 9.62 Å². The van der Waals surface area contributed by atoms with E-state index in [2.05, 4.69) is 5.32 Å². The van der Waals surface area contributed by atoms with Crippen LogP contribution in [0.4, 0.5) is 4.39 Å². The smallest absolute Gasteiger partial charge is 0.243 e. The average molecular weight is 390 g/mol. The summed E-state index contributed by atoms with van der Waals surface area (Å²) in [6, 6.07) is 14.8. The highest BCUT2D eigenvalue weighted by atomic mass is 32.2. The first kappa shape index (κ1) is 19.5. The fourth-order valence-corrected chi connectivity index (χ4v) is 4.76. The van der Waals surface area contributed by atoms with E-state index in [1.54, 1.807) is 48.5 Å². The molecule has 3 rings (SSSR count). The van der Waals surface area contributed by atoms with Crippen LogP contribution in [0, 0.1) is 11.7 Å². The largest absolute Gasteiger partial charge is 0.356 e. The molecule has 2 aromatic carbocycles. The highest BCUT2D eigenvalue weighted by molar-refractivity contribution is 7.89. The third kappa shape index (κ3) is 4.73. The second-order valence-electron chi connectivity index (χ2n) is 6.62. The molecule has 1 heterocycles. The predicted molar refractivity (Wildman–Crippen MR) is 101 cm³/mol. The van der Waals surface area contributed by atoms with E-state index >= 15 is 0 Å². The van der Waals surface area contributed by atoms with Crippen molar-refractivity contribution in [1.29, 1.82) is 0 Å². The van der Waals surface area contributed by atoms with Gasteiger partial charge in [0.15, 0.2) is 0 Å². The van der Waals surface area contributed by atoms with Crippen LogP contribution in [-0.2, 0) is 21.2 Å². The summed E-state index contributed by atoms with van der Waals surface area (Å²) in [4.78, 5) is 12.6. The molecule has 0 bridgehead atoms. The molecule has 1 amide bonds. The Morgan fingerprint density at radius 3 is 2.33 bits per heavy atom. The molecular formula is C20H23FN2O3S. The van der Waals surface area contributed by atoms with Crippen molar-refractivity contribution in [2.75, 3.05) is 19.6 Å². The van der Waals surface area contributed by atoms with Crippen LogP contribution in [0.2, 0.25) is 0 Å². The molecule has 27 heavy (non-hydrogen) atoms. The predicted octanol–water partition coefficient (Wildman–Crippen LogP) is 2.59. The summed E-state index contributed by atoms with van der Waals surface area (Å²) in [6.07, 6.45) is 1.40. The number of carbonyl (C=O) groups excluding carboxylic acids is 1. The Hall–Kier alpha value is -2.25. The molecule has 0 aromatic heterocycles. The normalized spacial score (nSPS) is 16.2. The molecule has 0 spiro atoms. The van der Waals surface area contributed by atoms with Crippen molar-refractivity contribution in [3.63, 3.8) is 0 Å². The van der Waals surface area contributed by atoms with E-state index in [0.717, 1.165) is 0 Å². The molecule has 1 N–H and O–H groups in total. The SMILES string of the molecule is O=C(NCCc1ccccc1F)C1CCN(S(=O)(=O)c2ccccc2)CC1. The van der Waals surface area contributed by atoms with Crippen molar-refractivity contribution in [2.24, 2.45) is 5.92 Å². The van der Waals surface area contributed by atoms with Crippen LogP contribution in [0.1, 0.15) is 18.4 Å². The first-order valence-corrected chi connectivity index (χ1v) is 10.5. The first-order chi connectivity index (χ1) is 13.0. The van der Waals surface area contributed by atoms with Crippen molar-refractivity contribution in [3.05, 3.63) is 66.0 Å². The summed E-state index contributed by atoms with van der Waals surface area (Å²) >= 11 is 0. The minimum absolute atomic E-state index is 0.0944. The van der Waals surface area contributed by atoms with E-state index in [4.69, 9.17) is 0 Å². The number of carbonyl (C=O) groups is 1. The van der Waals surface area contributed by atoms with E-state index in [-0.39, 0.29) is 22.5 Å². The molecule has 0 saturated carbocycles. The van der Waals surface area contributed by atoms with Gasteiger partial charge in [-0.1, -0.05) is 36.4 Å². The zero-order valence-electron chi connectivity index (χ0n) is 15.0. The Kier molecular flexibility index (Phi) is 6.23. The number of hydrogen-bond donors (Lipinski definition) is 1. The highest BCUT2D eigenvalue weighted by Gasteiger charge is 2.31. The van der Waals surface area contributed by atoms with E-state index in [9.17, 15) is 17.6 Å². The zero-order valence-corrected chi connectivity index (χ0v) is 15.8. The van der Waals surface area contributed by atoms with Crippen LogP contribution < -0.4 is 5.32 Å². The monoisotopic (exact) mass is 390 g/mol. The maximum absolute atomic E-state index is 13.6. The highest BCUT2D eigenvalue weighted by Crippen LogP contribution is 2.23. The number of amides is 1. The molecule has 5 nitrogen and oxygen atoms in total. The lowest BCUT2D eigenvalue weighted by atomic mass is 9.97. The Balaban J connectivity index is 1.49. The number of benzene rings is 2. The van der Waals surface area contributed by atoms with Gasteiger partial charge in [-0.3, -0.25) is 4.79 Å². The molecule has 7 heteroatoms. The van der Waals surface area contributed by atoms with Gasteiger partial charge in [0, 0.05) is 25.6 Å².